The Morgan fingerprint density at radius 3 is 2.20 bits per heavy atom. The molecule has 4 heteroatoms. The quantitative estimate of drug-likeness (QED) is 0.242. The lowest BCUT2D eigenvalue weighted by Gasteiger charge is -2.47. The van der Waals surface area contributed by atoms with E-state index in [0.717, 1.165) is 36.5 Å². The Morgan fingerprint density at radius 1 is 0.878 bits per heavy atom. The first-order valence-corrected chi connectivity index (χ1v) is 15.2. The molecule has 0 amide bonds. The average molecular weight is 546 g/mol. The number of fused-ring (bicyclic) bond motifs is 4. The molecule has 4 nitrogen and oxygen atoms in total. The fraction of sp³-hybridized carbons (Fsp3) is 0.378. The van der Waals surface area contributed by atoms with Crippen LogP contribution in [0.25, 0.3) is 21.9 Å². The topological polar surface area (TPSA) is 28.1 Å². The van der Waals surface area contributed by atoms with E-state index in [1.54, 1.807) is 0 Å². The molecule has 0 saturated heterocycles. The van der Waals surface area contributed by atoms with Gasteiger partial charge >= 0.3 is 0 Å². The smallest absolute Gasteiger partial charge is 0.228 e. The van der Waals surface area contributed by atoms with Gasteiger partial charge in [-0.2, -0.15) is 0 Å². The highest BCUT2D eigenvalue weighted by Crippen LogP contribution is 2.57. The van der Waals surface area contributed by atoms with Crippen molar-refractivity contribution in [1.82, 2.24) is 0 Å². The van der Waals surface area contributed by atoms with Gasteiger partial charge in [0.1, 0.15) is 5.69 Å². The molecule has 2 heterocycles. The number of aliphatic imine (C=N–C) groups is 1. The van der Waals surface area contributed by atoms with Crippen LogP contribution in [-0.2, 0) is 5.41 Å². The van der Waals surface area contributed by atoms with Crippen molar-refractivity contribution < 1.29 is 4.74 Å². The summed E-state index contributed by atoms with van der Waals surface area (Å²) < 4.78 is 7.36. The molecule has 0 radical (unpaired) electrons. The second-order valence-electron chi connectivity index (χ2n) is 12.6. The van der Waals surface area contributed by atoms with Gasteiger partial charge in [0, 0.05) is 36.4 Å². The van der Waals surface area contributed by atoms with Gasteiger partial charge in [0.15, 0.2) is 5.75 Å². The lowest BCUT2D eigenvalue weighted by Crippen LogP contribution is -2.63. The van der Waals surface area contributed by atoms with Gasteiger partial charge in [0.2, 0.25) is 5.72 Å². The summed E-state index contributed by atoms with van der Waals surface area (Å²) in [5.41, 5.74) is 8.73. The summed E-state index contributed by atoms with van der Waals surface area (Å²) in [5, 5.41) is 2.29. The molecular formula is C37H43N3O. The lowest BCUT2D eigenvalue weighted by molar-refractivity contribution is 0.0769. The van der Waals surface area contributed by atoms with Crippen molar-refractivity contribution in [3.05, 3.63) is 83.4 Å². The summed E-state index contributed by atoms with van der Waals surface area (Å²) in [5.74, 6) is 1.34. The Labute approximate surface area is 245 Å². The molecule has 1 atom stereocenters. The van der Waals surface area contributed by atoms with Gasteiger partial charge < -0.3 is 14.5 Å². The molecule has 212 valence electrons. The average Bonchev–Trinajstić information content (AvgIpc) is 3.15. The third-order valence-corrected chi connectivity index (χ3v) is 9.25. The molecule has 0 fully saturated rings. The molecule has 6 rings (SSSR count). The Hall–Kier alpha value is -3.79. The van der Waals surface area contributed by atoms with Crippen molar-refractivity contribution in [2.24, 2.45) is 10.9 Å². The highest BCUT2D eigenvalue weighted by molar-refractivity contribution is 6.05. The molecule has 0 aliphatic carbocycles. The van der Waals surface area contributed by atoms with Crippen LogP contribution >= 0.6 is 0 Å². The van der Waals surface area contributed by atoms with Gasteiger partial charge in [-0.1, -0.05) is 62.4 Å². The predicted octanol–water partition coefficient (Wildman–Crippen LogP) is 9.21. The fourth-order valence-corrected chi connectivity index (χ4v) is 7.18. The summed E-state index contributed by atoms with van der Waals surface area (Å²) in [7, 11) is 0. The van der Waals surface area contributed by atoms with E-state index in [1.165, 1.54) is 44.6 Å². The van der Waals surface area contributed by atoms with Crippen LogP contribution in [-0.4, -0.2) is 31.6 Å². The summed E-state index contributed by atoms with van der Waals surface area (Å²) in [6, 6.07) is 24.3. The van der Waals surface area contributed by atoms with Crippen LogP contribution < -0.4 is 14.5 Å². The number of hydrogen-bond acceptors (Lipinski definition) is 4. The first-order valence-electron chi connectivity index (χ1n) is 15.2. The molecule has 4 aromatic carbocycles. The van der Waals surface area contributed by atoms with Crippen molar-refractivity contribution in [3.8, 4) is 16.9 Å². The number of rotatable bonds is 6. The molecular weight excluding hydrogens is 502 g/mol. The van der Waals surface area contributed by atoms with Crippen LogP contribution in [0.15, 0.2) is 71.7 Å². The maximum absolute atomic E-state index is 7.36. The number of nitrogens with zero attached hydrogens (tertiary/aromatic N) is 3. The SMILES string of the molecule is CCN(CC)c1ccc(-c2cc3c(c4ccccc24)OC2(C=N3)N(CC(C)C)c3c(C)ccc(C)c3C2(C)C)cc1. The van der Waals surface area contributed by atoms with E-state index in [2.05, 4.69) is 138 Å². The minimum Gasteiger partial charge on any atom is -0.459 e. The lowest BCUT2D eigenvalue weighted by atomic mass is 9.75. The number of ether oxygens (including phenoxy) is 1. The fourth-order valence-electron chi connectivity index (χ4n) is 7.18. The Bertz CT molecular complexity index is 1650. The molecule has 0 aromatic heterocycles. The summed E-state index contributed by atoms with van der Waals surface area (Å²) in [4.78, 5) is 10.1. The van der Waals surface area contributed by atoms with E-state index >= 15 is 0 Å². The van der Waals surface area contributed by atoms with E-state index in [4.69, 9.17) is 9.73 Å². The second-order valence-corrected chi connectivity index (χ2v) is 12.6. The van der Waals surface area contributed by atoms with Gasteiger partial charge in [0.25, 0.3) is 0 Å². The maximum atomic E-state index is 7.36. The molecule has 0 bridgehead atoms. The number of aryl methyl sites for hydroxylation is 2. The maximum Gasteiger partial charge on any atom is 0.228 e. The number of anilines is 2. The third-order valence-electron chi connectivity index (χ3n) is 9.25. The van der Waals surface area contributed by atoms with Gasteiger partial charge in [-0.05, 0) is 98.9 Å². The second kappa shape index (κ2) is 9.94. The van der Waals surface area contributed by atoms with Crippen LogP contribution in [0.5, 0.6) is 5.75 Å². The van der Waals surface area contributed by atoms with E-state index in [1.807, 2.05) is 0 Å². The molecule has 1 unspecified atom stereocenters. The molecule has 41 heavy (non-hydrogen) atoms. The Morgan fingerprint density at radius 2 is 1.54 bits per heavy atom. The van der Waals surface area contributed by atoms with Gasteiger partial charge in [-0.25, -0.2) is 0 Å². The number of hydrogen-bond donors (Lipinski definition) is 0. The van der Waals surface area contributed by atoms with Crippen LogP contribution in [0.4, 0.5) is 17.1 Å². The van der Waals surface area contributed by atoms with Crippen molar-refractivity contribution in [2.75, 3.05) is 29.4 Å². The highest BCUT2D eigenvalue weighted by Gasteiger charge is 2.60. The van der Waals surface area contributed by atoms with E-state index in [-0.39, 0.29) is 5.41 Å². The minimum absolute atomic E-state index is 0.311. The summed E-state index contributed by atoms with van der Waals surface area (Å²) >= 11 is 0. The minimum atomic E-state index is -0.723. The van der Waals surface area contributed by atoms with Crippen LogP contribution in [0.1, 0.15) is 58.2 Å². The van der Waals surface area contributed by atoms with Crippen molar-refractivity contribution in [2.45, 2.75) is 66.5 Å². The zero-order chi connectivity index (χ0) is 29.1. The summed E-state index contributed by atoms with van der Waals surface area (Å²) in [6.45, 7) is 21.0. The number of benzene rings is 4. The van der Waals surface area contributed by atoms with Crippen molar-refractivity contribution in [3.63, 3.8) is 0 Å². The zero-order valence-corrected chi connectivity index (χ0v) is 25.9. The van der Waals surface area contributed by atoms with Crippen molar-refractivity contribution >= 4 is 34.0 Å². The normalized spacial score (nSPS) is 18.6. The van der Waals surface area contributed by atoms with E-state index < -0.39 is 5.72 Å². The van der Waals surface area contributed by atoms with Crippen LogP contribution in [0.2, 0.25) is 0 Å². The molecule has 0 saturated carbocycles. The van der Waals surface area contributed by atoms with Gasteiger partial charge in [0.05, 0.1) is 11.6 Å². The van der Waals surface area contributed by atoms with Crippen LogP contribution in [0, 0.1) is 19.8 Å². The Kier molecular flexibility index (Phi) is 6.64. The molecule has 2 aliphatic heterocycles. The largest absolute Gasteiger partial charge is 0.459 e. The molecule has 1 spiro atoms. The van der Waals surface area contributed by atoms with E-state index in [9.17, 15) is 0 Å². The zero-order valence-electron chi connectivity index (χ0n) is 25.9. The third kappa shape index (κ3) is 4.06. The first kappa shape index (κ1) is 27.4. The van der Waals surface area contributed by atoms with Gasteiger partial charge in [-0.15, -0.1) is 0 Å². The summed E-state index contributed by atoms with van der Waals surface area (Å²) in [6.07, 6.45) is 2.10. The molecule has 2 aliphatic rings. The van der Waals surface area contributed by atoms with Gasteiger partial charge in [-0.3, -0.25) is 4.99 Å². The molecule has 0 N–H and O–H groups in total. The predicted molar refractivity (Wildman–Crippen MR) is 176 cm³/mol. The standard InChI is InChI=1S/C37H43N3O/c1-9-39(10-2)28-19-17-27(18-20-28)31-21-32-35(30-14-12-11-13-29(30)31)41-37(23-38-32)36(7,8)33-25(5)15-16-26(6)34(33)40(37)22-24(3)4/h11-21,23-24H,9-10,22H2,1-8H3. The van der Waals surface area contributed by atoms with E-state index in [0.29, 0.717) is 5.92 Å². The van der Waals surface area contributed by atoms with Crippen LogP contribution in [0.3, 0.4) is 0 Å². The monoisotopic (exact) mass is 545 g/mol. The molecule has 4 aromatic rings. The Balaban J connectivity index is 1.52. The highest BCUT2D eigenvalue weighted by atomic mass is 16.5. The first-order chi connectivity index (χ1) is 19.6. The van der Waals surface area contributed by atoms with Crippen molar-refractivity contribution in [1.29, 1.82) is 0 Å².